The molecule has 0 amide bonds. The lowest BCUT2D eigenvalue weighted by Crippen LogP contribution is -1.83. The first-order valence-corrected chi connectivity index (χ1v) is 1.80. The predicted octanol–water partition coefficient (Wildman–Crippen LogP) is 1.26. The first-order valence-electron chi connectivity index (χ1n) is 1.80. The third kappa shape index (κ3) is 3.02. The van der Waals surface area contributed by atoms with Crippen molar-refractivity contribution in [3.8, 4) is 0 Å². The summed E-state index contributed by atoms with van der Waals surface area (Å²) in [7, 11) is 0. The summed E-state index contributed by atoms with van der Waals surface area (Å²) in [6.45, 7) is 2.97. The largest absolute Gasteiger partial charge is 0.269 e. The molecule has 0 aliphatic carbocycles. The molecule has 0 fully saturated rings. The van der Waals surface area contributed by atoms with Gasteiger partial charge in [-0.3, -0.25) is 10.1 Å². The van der Waals surface area contributed by atoms with E-state index in [-0.39, 0.29) is 6.20 Å². The quantitative estimate of drug-likeness (QED) is 0.310. The molecule has 0 radical (unpaired) electrons. The van der Waals surface area contributed by atoms with E-state index >= 15 is 0 Å². The van der Waals surface area contributed by atoms with Gasteiger partial charge in [-0.25, -0.2) is 4.39 Å². The van der Waals surface area contributed by atoms with Gasteiger partial charge in [0.15, 0.2) is 5.83 Å². The molecule has 0 N–H and O–H groups in total. The zero-order chi connectivity index (χ0) is 6.57. The fraction of sp³-hybridized carbons (Fsp3) is 0. The predicted molar refractivity (Wildman–Crippen MR) is 26.4 cm³/mol. The summed E-state index contributed by atoms with van der Waals surface area (Å²) in [5.74, 6) is -0.935. The lowest BCUT2D eigenvalue weighted by Gasteiger charge is -1.76. The van der Waals surface area contributed by atoms with Crippen LogP contribution in [0.2, 0.25) is 0 Å². The van der Waals surface area contributed by atoms with Crippen molar-refractivity contribution in [1.82, 2.24) is 0 Å². The molecule has 8 heavy (non-hydrogen) atoms. The molecule has 0 bridgehead atoms. The molecule has 0 aromatic heterocycles. The van der Waals surface area contributed by atoms with Crippen LogP contribution in [-0.2, 0) is 0 Å². The molecular formula is C4H4FNO2. The molecule has 4 heteroatoms. The van der Waals surface area contributed by atoms with Crippen LogP contribution in [0.15, 0.2) is 24.7 Å². The average Bonchev–Trinajstić information content (AvgIpc) is 1.65. The topological polar surface area (TPSA) is 43.1 Å². The average molecular weight is 117 g/mol. The molecule has 0 aliphatic rings. The summed E-state index contributed by atoms with van der Waals surface area (Å²) in [4.78, 5) is 8.53. The molecule has 0 saturated carbocycles. The Labute approximate surface area is 45.3 Å². The van der Waals surface area contributed by atoms with Gasteiger partial charge >= 0.3 is 0 Å². The van der Waals surface area contributed by atoms with E-state index < -0.39 is 10.8 Å². The second kappa shape index (κ2) is 2.90. The van der Waals surface area contributed by atoms with Gasteiger partial charge in [0.05, 0.1) is 4.92 Å². The van der Waals surface area contributed by atoms with Crippen LogP contribution in [0.3, 0.4) is 0 Å². The minimum Gasteiger partial charge on any atom is -0.259 e. The molecule has 0 spiro atoms. The van der Waals surface area contributed by atoms with E-state index in [4.69, 9.17) is 0 Å². The molecule has 0 unspecified atom stereocenters. The molecule has 3 nitrogen and oxygen atoms in total. The van der Waals surface area contributed by atoms with Crippen LogP contribution in [0.5, 0.6) is 0 Å². The zero-order valence-electron chi connectivity index (χ0n) is 4.00. The Hall–Kier alpha value is -1.19. The van der Waals surface area contributed by atoms with Crippen LogP contribution in [0.25, 0.3) is 0 Å². The number of nitro groups is 1. The number of hydrogen-bond donors (Lipinski definition) is 0. The smallest absolute Gasteiger partial charge is 0.259 e. The van der Waals surface area contributed by atoms with Crippen molar-refractivity contribution in [2.75, 3.05) is 0 Å². The molecule has 0 saturated heterocycles. The Kier molecular flexibility index (Phi) is 2.47. The monoisotopic (exact) mass is 117 g/mol. The maximum Gasteiger partial charge on any atom is 0.269 e. The third-order valence-electron chi connectivity index (χ3n) is 0.424. The second-order valence-electron chi connectivity index (χ2n) is 1.00. The van der Waals surface area contributed by atoms with E-state index in [0.29, 0.717) is 0 Å². The standard InChI is InChI=1S/C4H4FNO2/c1-2-4(5)3-6(7)8/h2-3H,1H2/b4-3-. The first kappa shape index (κ1) is 6.81. The fourth-order valence-corrected chi connectivity index (χ4v) is 0.153. The minimum absolute atomic E-state index is 0.243. The molecule has 0 atom stereocenters. The van der Waals surface area contributed by atoms with E-state index in [2.05, 4.69) is 6.58 Å². The Balaban J connectivity index is 3.94. The molecular weight excluding hydrogens is 113 g/mol. The van der Waals surface area contributed by atoms with Gasteiger partial charge in [0.1, 0.15) is 0 Å². The Morgan fingerprint density at radius 1 is 1.88 bits per heavy atom. The summed E-state index contributed by atoms with van der Waals surface area (Å²) in [5, 5.41) is 9.41. The molecule has 0 aromatic carbocycles. The lowest BCUT2D eigenvalue weighted by molar-refractivity contribution is -0.404. The van der Waals surface area contributed by atoms with Gasteiger partial charge in [0.2, 0.25) is 0 Å². The number of allylic oxidation sites excluding steroid dienone is 2. The third-order valence-corrected chi connectivity index (χ3v) is 0.424. The number of nitrogens with zero attached hydrogens (tertiary/aromatic N) is 1. The van der Waals surface area contributed by atoms with E-state index in [0.717, 1.165) is 6.08 Å². The van der Waals surface area contributed by atoms with Gasteiger partial charge in [0.25, 0.3) is 6.20 Å². The van der Waals surface area contributed by atoms with E-state index in [9.17, 15) is 14.5 Å². The highest BCUT2D eigenvalue weighted by atomic mass is 19.1. The van der Waals surface area contributed by atoms with Crippen LogP contribution < -0.4 is 0 Å². The highest BCUT2D eigenvalue weighted by Gasteiger charge is 1.91. The maximum absolute atomic E-state index is 11.7. The highest BCUT2D eigenvalue weighted by Crippen LogP contribution is 1.94. The van der Waals surface area contributed by atoms with Crippen LogP contribution in [0.1, 0.15) is 0 Å². The van der Waals surface area contributed by atoms with Crippen LogP contribution in [-0.4, -0.2) is 4.92 Å². The summed E-state index contributed by atoms with van der Waals surface area (Å²) < 4.78 is 11.7. The summed E-state index contributed by atoms with van der Waals surface area (Å²) in [5.41, 5.74) is 0. The van der Waals surface area contributed by atoms with Gasteiger partial charge in [0, 0.05) is 0 Å². The first-order chi connectivity index (χ1) is 3.66. The van der Waals surface area contributed by atoms with Gasteiger partial charge in [-0.2, -0.15) is 0 Å². The van der Waals surface area contributed by atoms with E-state index in [1.165, 1.54) is 0 Å². The van der Waals surface area contributed by atoms with Crippen molar-refractivity contribution in [1.29, 1.82) is 0 Å². The molecule has 0 heterocycles. The molecule has 0 rings (SSSR count). The summed E-state index contributed by atoms with van der Waals surface area (Å²) in [6.07, 6.45) is 1.01. The van der Waals surface area contributed by atoms with E-state index in [1.54, 1.807) is 0 Å². The Bertz CT molecular complexity index is 141. The number of hydrogen-bond acceptors (Lipinski definition) is 2. The number of halogens is 1. The Morgan fingerprint density at radius 3 is 2.50 bits per heavy atom. The van der Waals surface area contributed by atoms with Crippen molar-refractivity contribution in [3.05, 3.63) is 34.8 Å². The molecule has 44 valence electrons. The SMILES string of the molecule is C=C/C(F)=C/[N+](=O)[O-]. The second-order valence-corrected chi connectivity index (χ2v) is 1.00. The summed E-state index contributed by atoms with van der Waals surface area (Å²) >= 11 is 0. The zero-order valence-corrected chi connectivity index (χ0v) is 4.00. The normalized spacial score (nSPS) is 10.9. The van der Waals surface area contributed by atoms with Crippen molar-refractivity contribution in [2.24, 2.45) is 0 Å². The summed E-state index contributed by atoms with van der Waals surface area (Å²) in [6, 6.07) is 0. The van der Waals surface area contributed by atoms with Gasteiger partial charge in [-0.15, -0.1) is 0 Å². The fourth-order valence-electron chi connectivity index (χ4n) is 0.153. The van der Waals surface area contributed by atoms with Crippen LogP contribution in [0.4, 0.5) is 4.39 Å². The lowest BCUT2D eigenvalue weighted by atomic mass is 10.6. The van der Waals surface area contributed by atoms with Gasteiger partial charge in [-0.1, -0.05) is 6.58 Å². The van der Waals surface area contributed by atoms with Crippen LogP contribution >= 0.6 is 0 Å². The van der Waals surface area contributed by atoms with Crippen molar-refractivity contribution >= 4 is 0 Å². The van der Waals surface area contributed by atoms with Gasteiger partial charge in [-0.05, 0) is 6.08 Å². The van der Waals surface area contributed by atoms with Gasteiger partial charge < -0.3 is 0 Å². The van der Waals surface area contributed by atoms with Crippen molar-refractivity contribution < 1.29 is 9.31 Å². The minimum atomic E-state index is -0.935. The van der Waals surface area contributed by atoms with Crippen molar-refractivity contribution in [2.45, 2.75) is 0 Å². The van der Waals surface area contributed by atoms with Crippen LogP contribution in [0, 0.1) is 10.1 Å². The molecule has 0 aliphatic heterocycles. The number of rotatable bonds is 2. The Morgan fingerprint density at radius 2 is 2.38 bits per heavy atom. The van der Waals surface area contributed by atoms with E-state index in [1.807, 2.05) is 0 Å². The maximum atomic E-state index is 11.7. The molecule has 0 aromatic rings. The van der Waals surface area contributed by atoms with Crippen molar-refractivity contribution in [3.63, 3.8) is 0 Å². The highest BCUT2D eigenvalue weighted by molar-refractivity contribution is 5.02.